The van der Waals surface area contributed by atoms with Crippen LogP contribution in [0.2, 0.25) is 0 Å². The minimum atomic E-state index is 0. The van der Waals surface area contributed by atoms with Crippen LogP contribution >= 0.6 is 35.7 Å². The highest BCUT2D eigenvalue weighted by atomic mass is 127. The summed E-state index contributed by atoms with van der Waals surface area (Å²) < 4.78 is 0. The van der Waals surface area contributed by atoms with Crippen LogP contribution < -0.4 is 11.1 Å². The van der Waals surface area contributed by atoms with E-state index in [2.05, 4.69) is 15.2 Å². The smallest absolute Gasteiger partial charge is 0.227 e. The van der Waals surface area contributed by atoms with Crippen LogP contribution in [-0.4, -0.2) is 41.4 Å². The zero-order valence-electron chi connectivity index (χ0n) is 14.3. The number of nitrogens with two attached hydrogens (primary N) is 1. The first-order chi connectivity index (χ1) is 11.1. The second-order valence-electron chi connectivity index (χ2n) is 5.77. The Kier molecular flexibility index (Phi) is 9.50. The summed E-state index contributed by atoms with van der Waals surface area (Å²) in [6.45, 7) is 6.40. The summed E-state index contributed by atoms with van der Waals surface area (Å²) >= 11 is 1.95. The number of aliphatic imine (C=N–C) groups is 1. The number of nitrogens with zero attached hydrogens (tertiary/aromatic N) is 2. The fourth-order valence-corrected chi connectivity index (χ4v) is 3.17. The fourth-order valence-electron chi connectivity index (χ4n) is 2.26. The average Bonchev–Trinajstić information content (AvgIpc) is 2.60. The Hall–Kier alpha value is -0.960. The highest BCUT2D eigenvalue weighted by Gasteiger charge is 2.12. The van der Waals surface area contributed by atoms with E-state index in [0.29, 0.717) is 12.5 Å². The van der Waals surface area contributed by atoms with Crippen molar-refractivity contribution in [3.8, 4) is 0 Å². The molecule has 1 aromatic rings. The molecule has 1 unspecified atom stereocenters. The van der Waals surface area contributed by atoms with E-state index >= 15 is 0 Å². The van der Waals surface area contributed by atoms with E-state index in [1.54, 1.807) is 0 Å². The summed E-state index contributed by atoms with van der Waals surface area (Å²) in [5.74, 6) is 2.89. The molecule has 0 bridgehead atoms. The standard InChI is InChI=1S/C17H26N4OS.HI/c1-3-13(2)16(22)20-15-6-4-5-14(11-15)12-19-17(18)21-7-9-23-10-8-21;/h4-6,11,13H,3,7-10,12H2,1-2H3,(H2,18,19)(H,20,22);1H. The lowest BCUT2D eigenvalue weighted by Gasteiger charge is -2.27. The Bertz CT molecular complexity index is 561. The number of guanidine groups is 1. The average molecular weight is 462 g/mol. The summed E-state index contributed by atoms with van der Waals surface area (Å²) in [6, 6.07) is 7.80. The van der Waals surface area contributed by atoms with Crippen LogP contribution in [0.25, 0.3) is 0 Å². The predicted molar refractivity (Wildman–Crippen MR) is 114 cm³/mol. The van der Waals surface area contributed by atoms with Crippen LogP contribution in [-0.2, 0) is 11.3 Å². The number of benzene rings is 1. The number of rotatable bonds is 5. The van der Waals surface area contributed by atoms with Crippen molar-refractivity contribution >= 4 is 53.3 Å². The molecule has 5 nitrogen and oxygen atoms in total. The number of amides is 1. The molecular formula is C17H27IN4OS. The van der Waals surface area contributed by atoms with Crippen molar-refractivity contribution in [3.63, 3.8) is 0 Å². The fraction of sp³-hybridized carbons (Fsp3) is 0.529. The van der Waals surface area contributed by atoms with Crippen molar-refractivity contribution in [2.45, 2.75) is 26.8 Å². The lowest BCUT2D eigenvalue weighted by Crippen LogP contribution is -2.42. The molecule has 2 rings (SSSR count). The minimum Gasteiger partial charge on any atom is -0.370 e. The molecular weight excluding hydrogens is 435 g/mol. The highest BCUT2D eigenvalue weighted by molar-refractivity contribution is 14.0. The van der Waals surface area contributed by atoms with Gasteiger partial charge >= 0.3 is 0 Å². The SMILES string of the molecule is CCC(C)C(=O)Nc1cccc(CN=C(N)N2CCSCC2)c1.I. The summed E-state index contributed by atoms with van der Waals surface area (Å²) in [7, 11) is 0. The van der Waals surface area contributed by atoms with Gasteiger partial charge in [-0.25, -0.2) is 4.99 Å². The second kappa shape index (κ2) is 10.8. The van der Waals surface area contributed by atoms with Crippen LogP contribution in [0.15, 0.2) is 29.3 Å². The lowest BCUT2D eigenvalue weighted by atomic mass is 10.1. The first kappa shape index (κ1) is 21.1. The largest absolute Gasteiger partial charge is 0.370 e. The Morgan fingerprint density at radius 3 is 2.79 bits per heavy atom. The molecule has 1 saturated heterocycles. The third-order valence-corrected chi connectivity index (χ3v) is 4.96. The number of carbonyl (C=O) groups excluding carboxylic acids is 1. The molecule has 24 heavy (non-hydrogen) atoms. The molecule has 0 aromatic heterocycles. The first-order valence-corrected chi connectivity index (χ1v) is 9.28. The number of nitrogens with one attached hydrogen (secondary N) is 1. The van der Waals surface area contributed by atoms with Crippen LogP contribution in [0, 0.1) is 5.92 Å². The van der Waals surface area contributed by atoms with E-state index in [9.17, 15) is 4.79 Å². The number of hydrogen-bond acceptors (Lipinski definition) is 3. The maximum Gasteiger partial charge on any atom is 0.227 e. The number of carbonyl (C=O) groups is 1. The van der Waals surface area contributed by atoms with Gasteiger partial charge in [-0.2, -0.15) is 11.8 Å². The van der Waals surface area contributed by atoms with Crippen LogP contribution in [0.3, 0.4) is 0 Å². The molecule has 7 heteroatoms. The highest BCUT2D eigenvalue weighted by Crippen LogP contribution is 2.14. The monoisotopic (exact) mass is 462 g/mol. The maximum absolute atomic E-state index is 12.0. The quantitative estimate of drug-likeness (QED) is 0.401. The minimum absolute atomic E-state index is 0. The van der Waals surface area contributed by atoms with Crippen molar-refractivity contribution in [1.29, 1.82) is 0 Å². The molecule has 1 amide bonds. The number of anilines is 1. The molecule has 0 saturated carbocycles. The third kappa shape index (κ3) is 6.51. The van der Waals surface area contributed by atoms with Crippen LogP contribution in [0.1, 0.15) is 25.8 Å². The number of hydrogen-bond donors (Lipinski definition) is 2. The van der Waals surface area contributed by atoms with Crippen molar-refractivity contribution < 1.29 is 4.79 Å². The predicted octanol–water partition coefficient (Wildman–Crippen LogP) is 3.15. The maximum atomic E-state index is 12.0. The van der Waals surface area contributed by atoms with E-state index in [1.807, 2.05) is 49.9 Å². The van der Waals surface area contributed by atoms with E-state index in [0.717, 1.165) is 42.3 Å². The van der Waals surface area contributed by atoms with Gasteiger partial charge in [0.05, 0.1) is 6.54 Å². The van der Waals surface area contributed by atoms with E-state index in [1.165, 1.54) is 0 Å². The molecule has 3 N–H and O–H groups in total. The zero-order chi connectivity index (χ0) is 16.7. The van der Waals surface area contributed by atoms with Gasteiger partial charge in [0.15, 0.2) is 5.96 Å². The van der Waals surface area contributed by atoms with Gasteiger partial charge in [-0.1, -0.05) is 26.0 Å². The zero-order valence-corrected chi connectivity index (χ0v) is 17.5. The normalized spacial score (nSPS) is 16.2. The third-order valence-electron chi connectivity index (χ3n) is 4.01. The molecule has 0 spiro atoms. The van der Waals surface area contributed by atoms with Crippen molar-refractivity contribution in [1.82, 2.24) is 4.90 Å². The van der Waals surface area contributed by atoms with Gasteiger partial charge in [-0.15, -0.1) is 24.0 Å². The van der Waals surface area contributed by atoms with Crippen LogP contribution in [0.5, 0.6) is 0 Å². The van der Waals surface area contributed by atoms with Gasteiger partial charge in [0.25, 0.3) is 0 Å². The van der Waals surface area contributed by atoms with Crippen LogP contribution in [0.4, 0.5) is 5.69 Å². The summed E-state index contributed by atoms with van der Waals surface area (Å²) in [5, 5.41) is 2.95. The Labute approximate surface area is 165 Å². The molecule has 1 fully saturated rings. The van der Waals surface area contributed by atoms with Gasteiger partial charge in [0.1, 0.15) is 0 Å². The topological polar surface area (TPSA) is 70.7 Å². The molecule has 0 aliphatic carbocycles. The Morgan fingerprint density at radius 2 is 2.12 bits per heavy atom. The van der Waals surface area contributed by atoms with E-state index in [-0.39, 0.29) is 35.8 Å². The van der Waals surface area contributed by atoms with Crippen molar-refractivity contribution in [2.75, 3.05) is 29.9 Å². The molecule has 1 heterocycles. The molecule has 1 aliphatic rings. The van der Waals surface area contributed by atoms with E-state index < -0.39 is 0 Å². The van der Waals surface area contributed by atoms with Gasteiger partial charge < -0.3 is 16.0 Å². The molecule has 0 radical (unpaired) electrons. The lowest BCUT2D eigenvalue weighted by molar-refractivity contribution is -0.119. The molecule has 1 aliphatic heterocycles. The summed E-state index contributed by atoms with van der Waals surface area (Å²) in [5.41, 5.74) is 7.93. The summed E-state index contributed by atoms with van der Waals surface area (Å²) in [6.07, 6.45) is 0.834. The molecule has 1 atom stereocenters. The van der Waals surface area contributed by atoms with Crippen molar-refractivity contribution in [3.05, 3.63) is 29.8 Å². The van der Waals surface area contributed by atoms with Gasteiger partial charge in [0.2, 0.25) is 5.91 Å². The Balaban J connectivity index is 0.00000288. The van der Waals surface area contributed by atoms with Gasteiger partial charge in [-0.3, -0.25) is 4.79 Å². The second-order valence-corrected chi connectivity index (χ2v) is 7.00. The van der Waals surface area contributed by atoms with Gasteiger partial charge in [0, 0.05) is 36.2 Å². The number of halogens is 1. The molecule has 1 aromatic carbocycles. The summed E-state index contributed by atoms with van der Waals surface area (Å²) in [4.78, 5) is 18.6. The van der Waals surface area contributed by atoms with Crippen molar-refractivity contribution in [2.24, 2.45) is 16.6 Å². The number of thioether (sulfide) groups is 1. The Morgan fingerprint density at radius 1 is 1.42 bits per heavy atom. The first-order valence-electron chi connectivity index (χ1n) is 8.12. The van der Waals surface area contributed by atoms with Gasteiger partial charge in [-0.05, 0) is 24.1 Å². The van der Waals surface area contributed by atoms with E-state index in [4.69, 9.17) is 5.73 Å². The molecule has 134 valence electrons.